The molecule has 19 heavy (non-hydrogen) atoms. The second kappa shape index (κ2) is 5.62. The molecule has 0 bridgehead atoms. The largest absolute Gasteiger partial charge is 0.366 e. The molecular formula is C12H11ClN4O2. The summed E-state index contributed by atoms with van der Waals surface area (Å²) in [5.74, 6) is 0.575. The predicted octanol–water partition coefficient (Wildman–Crippen LogP) is 2.96. The highest BCUT2D eigenvalue weighted by Crippen LogP contribution is 2.21. The molecule has 0 atom stereocenters. The Morgan fingerprint density at radius 3 is 2.89 bits per heavy atom. The van der Waals surface area contributed by atoms with Crippen LogP contribution in [0.25, 0.3) is 0 Å². The number of aromatic nitrogens is 2. The van der Waals surface area contributed by atoms with Crippen LogP contribution in [0.15, 0.2) is 30.6 Å². The van der Waals surface area contributed by atoms with Crippen LogP contribution in [0.2, 0.25) is 5.15 Å². The number of nitrogens with one attached hydrogen (secondary N) is 1. The average molecular weight is 279 g/mol. The highest BCUT2D eigenvalue weighted by atomic mass is 35.5. The number of nitrogens with zero attached hydrogens (tertiary/aromatic N) is 3. The third-order valence-corrected chi connectivity index (χ3v) is 2.91. The van der Waals surface area contributed by atoms with E-state index in [1.807, 2.05) is 6.07 Å². The van der Waals surface area contributed by atoms with Crippen LogP contribution < -0.4 is 5.32 Å². The molecule has 0 amide bonds. The van der Waals surface area contributed by atoms with Gasteiger partial charge in [0.05, 0.1) is 4.92 Å². The summed E-state index contributed by atoms with van der Waals surface area (Å²) in [7, 11) is 0. The molecule has 98 valence electrons. The van der Waals surface area contributed by atoms with E-state index in [4.69, 9.17) is 11.6 Å². The first-order valence-corrected chi connectivity index (χ1v) is 5.90. The van der Waals surface area contributed by atoms with Gasteiger partial charge in [0.25, 0.3) is 5.69 Å². The molecule has 0 radical (unpaired) electrons. The lowest BCUT2D eigenvalue weighted by atomic mass is 10.1. The lowest BCUT2D eigenvalue weighted by Gasteiger charge is -2.08. The van der Waals surface area contributed by atoms with Crippen molar-refractivity contribution in [2.75, 3.05) is 5.32 Å². The molecule has 0 aliphatic rings. The maximum Gasteiger partial charge on any atom is 0.272 e. The second-order valence-corrected chi connectivity index (χ2v) is 4.29. The number of nitro groups is 1. The summed E-state index contributed by atoms with van der Waals surface area (Å²) < 4.78 is 0. The fourth-order valence-electron chi connectivity index (χ4n) is 1.68. The smallest absolute Gasteiger partial charge is 0.272 e. The summed E-state index contributed by atoms with van der Waals surface area (Å²) in [4.78, 5) is 18.2. The maximum atomic E-state index is 10.8. The van der Waals surface area contributed by atoms with E-state index < -0.39 is 0 Å². The van der Waals surface area contributed by atoms with Crippen molar-refractivity contribution in [1.29, 1.82) is 0 Å². The summed E-state index contributed by atoms with van der Waals surface area (Å²) in [6.45, 7) is 2.16. The minimum Gasteiger partial charge on any atom is -0.366 e. The van der Waals surface area contributed by atoms with Crippen molar-refractivity contribution < 1.29 is 4.92 Å². The van der Waals surface area contributed by atoms with Crippen molar-refractivity contribution in [3.8, 4) is 0 Å². The molecule has 0 spiro atoms. The van der Waals surface area contributed by atoms with E-state index in [9.17, 15) is 10.1 Å². The van der Waals surface area contributed by atoms with Crippen molar-refractivity contribution in [3.63, 3.8) is 0 Å². The Morgan fingerprint density at radius 1 is 1.42 bits per heavy atom. The van der Waals surface area contributed by atoms with Gasteiger partial charge < -0.3 is 5.32 Å². The molecule has 1 heterocycles. The Labute approximate surface area is 114 Å². The molecule has 6 nitrogen and oxygen atoms in total. The molecule has 0 unspecified atom stereocenters. The highest BCUT2D eigenvalue weighted by Gasteiger charge is 2.12. The number of nitro benzene ring substituents is 1. The zero-order valence-electron chi connectivity index (χ0n) is 10.1. The Balaban J connectivity index is 2.16. The molecule has 0 saturated heterocycles. The molecular weight excluding hydrogens is 268 g/mol. The quantitative estimate of drug-likeness (QED) is 0.528. The van der Waals surface area contributed by atoms with Crippen LogP contribution in [0.1, 0.15) is 11.1 Å². The van der Waals surface area contributed by atoms with Gasteiger partial charge >= 0.3 is 0 Å². The Kier molecular flexibility index (Phi) is 3.91. The number of anilines is 1. The lowest BCUT2D eigenvalue weighted by Crippen LogP contribution is -2.04. The molecule has 0 saturated carbocycles. The van der Waals surface area contributed by atoms with Gasteiger partial charge in [-0.2, -0.15) is 0 Å². The van der Waals surface area contributed by atoms with E-state index in [0.29, 0.717) is 23.1 Å². The van der Waals surface area contributed by atoms with Crippen molar-refractivity contribution in [3.05, 3.63) is 57.0 Å². The van der Waals surface area contributed by atoms with Crippen molar-refractivity contribution in [2.45, 2.75) is 13.5 Å². The molecule has 2 rings (SSSR count). The van der Waals surface area contributed by atoms with E-state index in [1.54, 1.807) is 19.1 Å². The standard InChI is InChI=1S/C12H11ClN4O2/c1-8-9(3-2-4-10(8)17(18)19)6-14-12-5-11(13)15-7-16-12/h2-5,7H,6H2,1H3,(H,14,15,16). The summed E-state index contributed by atoms with van der Waals surface area (Å²) in [6, 6.07) is 6.57. The maximum absolute atomic E-state index is 10.8. The predicted molar refractivity (Wildman–Crippen MR) is 72.2 cm³/mol. The summed E-state index contributed by atoms with van der Waals surface area (Å²) in [6.07, 6.45) is 1.35. The van der Waals surface area contributed by atoms with Crippen LogP contribution in [0.3, 0.4) is 0 Å². The van der Waals surface area contributed by atoms with Gasteiger partial charge in [-0.15, -0.1) is 0 Å². The van der Waals surface area contributed by atoms with Gasteiger partial charge in [-0.25, -0.2) is 9.97 Å². The van der Waals surface area contributed by atoms with Crippen molar-refractivity contribution in [1.82, 2.24) is 9.97 Å². The van der Waals surface area contributed by atoms with Crippen molar-refractivity contribution in [2.24, 2.45) is 0 Å². The zero-order valence-corrected chi connectivity index (χ0v) is 10.9. The fourth-order valence-corrected chi connectivity index (χ4v) is 1.82. The third kappa shape index (κ3) is 3.17. The summed E-state index contributed by atoms with van der Waals surface area (Å²) in [5.41, 5.74) is 1.59. The highest BCUT2D eigenvalue weighted by molar-refractivity contribution is 6.29. The molecule has 1 aromatic carbocycles. The first kappa shape index (κ1) is 13.2. The van der Waals surface area contributed by atoms with E-state index in [2.05, 4.69) is 15.3 Å². The SMILES string of the molecule is Cc1c(CNc2cc(Cl)ncn2)cccc1[N+](=O)[O-]. The first-order valence-electron chi connectivity index (χ1n) is 5.52. The minimum atomic E-state index is -0.389. The van der Waals surface area contributed by atoms with Gasteiger partial charge in [-0.05, 0) is 12.5 Å². The van der Waals surface area contributed by atoms with Crippen LogP contribution in [0.5, 0.6) is 0 Å². The average Bonchev–Trinajstić information content (AvgIpc) is 2.37. The van der Waals surface area contributed by atoms with Gasteiger partial charge in [0.1, 0.15) is 17.3 Å². The molecule has 2 aromatic rings. The molecule has 7 heteroatoms. The second-order valence-electron chi connectivity index (χ2n) is 3.90. The van der Waals surface area contributed by atoms with Crippen LogP contribution >= 0.6 is 11.6 Å². The van der Waals surface area contributed by atoms with Gasteiger partial charge in [-0.3, -0.25) is 10.1 Å². The lowest BCUT2D eigenvalue weighted by molar-refractivity contribution is -0.385. The molecule has 1 aromatic heterocycles. The van der Waals surface area contributed by atoms with Crippen LogP contribution in [-0.2, 0) is 6.54 Å². The minimum absolute atomic E-state index is 0.111. The van der Waals surface area contributed by atoms with Crippen molar-refractivity contribution >= 4 is 23.1 Å². The zero-order chi connectivity index (χ0) is 13.8. The Morgan fingerprint density at radius 2 is 2.21 bits per heavy atom. The molecule has 0 fully saturated rings. The van der Waals surface area contributed by atoms with Crippen LogP contribution in [0, 0.1) is 17.0 Å². The summed E-state index contributed by atoms with van der Waals surface area (Å²) >= 11 is 5.74. The van der Waals surface area contributed by atoms with Crippen LogP contribution in [-0.4, -0.2) is 14.9 Å². The summed E-state index contributed by atoms with van der Waals surface area (Å²) in [5, 5.41) is 14.2. The number of halogens is 1. The topological polar surface area (TPSA) is 81.0 Å². The monoisotopic (exact) mass is 278 g/mol. The number of hydrogen-bond donors (Lipinski definition) is 1. The van der Waals surface area contributed by atoms with E-state index in [1.165, 1.54) is 12.4 Å². The molecule has 1 N–H and O–H groups in total. The molecule has 0 aliphatic heterocycles. The Hall–Kier alpha value is -2.21. The van der Waals surface area contributed by atoms with Gasteiger partial charge in [0.15, 0.2) is 0 Å². The van der Waals surface area contributed by atoms with E-state index in [0.717, 1.165) is 5.56 Å². The van der Waals surface area contributed by atoms with Crippen LogP contribution in [0.4, 0.5) is 11.5 Å². The number of rotatable bonds is 4. The number of hydrogen-bond acceptors (Lipinski definition) is 5. The molecule has 0 aliphatic carbocycles. The van der Waals surface area contributed by atoms with Gasteiger partial charge in [-0.1, -0.05) is 23.7 Å². The number of benzene rings is 1. The Bertz CT molecular complexity index is 618. The first-order chi connectivity index (χ1) is 9.08. The normalized spacial score (nSPS) is 10.2. The van der Waals surface area contributed by atoms with E-state index >= 15 is 0 Å². The third-order valence-electron chi connectivity index (χ3n) is 2.71. The fraction of sp³-hybridized carbons (Fsp3) is 0.167. The van der Waals surface area contributed by atoms with Gasteiger partial charge in [0.2, 0.25) is 0 Å². The van der Waals surface area contributed by atoms with E-state index in [-0.39, 0.29) is 10.6 Å². The van der Waals surface area contributed by atoms with Gasteiger partial charge in [0, 0.05) is 24.2 Å².